The zero-order valence-corrected chi connectivity index (χ0v) is 28.5. The molecular formula is C33H57NO9. The first-order valence-electron chi connectivity index (χ1n) is 15.8. The lowest BCUT2D eigenvalue weighted by atomic mass is 9.69. The predicted octanol–water partition coefficient (Wildman–Crippen LogP) is 3.99. The monoisotopic (exact) mass is 611 g/mol. The Balaban J connectivity index is 2.60. The summed E-state index contributed by atoms with van der Waals surface area (Å²) in [6.45, 7) is 15.7. The number of aliphatic hydroxyl groups is 1. The van der Waals surface area contributed by atoms with Crippen molar-refractivity contribution in [3.8, 4) is 0 Å². The maximum Gasteiger partial charge on any atom is 0.316 e. The van der Waals surface area contributed by atoms with Crippen LogP contribution >= 0.6 is 0 Å². The van der Waals surface area contributed by atoms with Gasteiger partial charge in [0.1, 0.15) is 29.7 Å². The molecule has 0 saturated carbocycles. The highest BCUT2D eigenvalue weighted by Crippen LogP contribution is 2.41. The van der Waals surface area contributed by atoms with E-state index in [0.29, 0.717) is 19.3 Å². The third-order valence-corrected chi connectivity index (χ3v) is 10.2. The molecule has 1 unspecified atom stereocenters. The minimum Gasteiger partial charge on any atom is -0.461 e. The van der Waals surface area contributed by atoms with Crippen LogP contribution in [0.3, 0.4) is 0 Å². The predicted molar refractivity (Wildman–Crippen MR) is 162 cm³/mol. The summed E-state index contributed by atoms with van der Waals surface area (Å²) in [7, 11) is 5.42. The van der Waals surface area contributed by atoms with Gasteiger partial charge in [0, 0.05) is 37.7 Å². The number of likely N-dealkylation sites (N-methyl/N-ethyl adjacent to an activating group) is 1. The Bertz CT molecular complexity index is 997. The minimum absolute atomic E-state index is 0.0203. The number of nitrogens with zero attached hydrogens (tertiary/aromatic N) is 1. The van der Waals surface area contributed by atoms with Gasteiger partial charge in [0.25, 0.3) is 0 Å². The molecular weight excluding hydrogens is 554 g/mol. The summed E-state index contributed by atoms with van der Waals surface area (Å²) in [5, 5.41) is 11.4. The molecule has 2 rings (SSSR count). The lowest BCUT2D eigenvalue weighted by Gasteiger charge is -2.46. The van der Waals surface area contributed by atoms with Crippen molar-refractivity contribution in [3.05, 3.63) is 0 Å². The van der Waals surface area contributed by atoms with Gasteiger partial charge in [0.15, 0.2) is 0 Å². The maximum atomic E-state index is 13.8. The van der Waals surface area contributed by atoms with Gasteiger partial charge >= 0.3 is 11.9 Å². The highest BCUT2D eigenvalue weighted by atomic mass is 16.6. The number of hydrogen-bond acceptors (Lipinski definition) is 10. The SMILES string of the molecule is CC[C@H]1OC(=O)[C@H](C)C(=O)CC(C[C@@H]2O[C@H](C)C[C@H](N(C)C)[C@H]2OC(C)=O)[C@](C)(OC)C[C@@H](C)C(=O)[C@H](C)[C@@H](O)C1(C)C. The average Bonchev–Trinajstić information content (AvgIpc) is 2.93. The van der Waals surface area contributed by atoms with Crippen LogP contribution in [0.4, 0.5) is 0 Å². The van der Waals surface area contributed by atoms with Gasteiger partial charge in [-0.2, -0.15) is 0 Å². The fourth-order valence-corrected chi connectivity index (χ4v) is 7.14. The fraction of sp³-hybridized carbons (Fsp3) is 0.879. The maximum absolute atomic E-state index is 13.8. The molecule has 0 aromatic rings. The molecule has 2 aliphatic heterocycles. The fourth-order valence-electron chi connectivity index (χ4n) is 7.14. The molecule has 2 heterocycles. The number of Topliss-reactive ketones (excluding diaryl/α,β-unsaturated/α-hetero) is 2. The number of ether oxygens (including phenoxy) is 4. The van der Waals surface area contributed by atoms with Crippen molar-refractivity contribution < 1.29 is 43.2 Å². The van der Waals surface area contributed by atoms with Gasteiger partial charge in [-0.1, -0.05) is 34.6 Å². The van der Waals surface area contributed by atoms with Crippen molar-refractivity contribution in [2.45, 2.75) is 137 Å². The molecule has 0 radical (unpaired) electrons. The van der Waals surface area contributed by atoms with Gasteiger partial charge in [-0.15, -0.1) is 0 Å². The van der Waals surface area contributed by atoms with Crippen LogP contribution in [0, 0.1) is 29.1 Å². The van der Waals surface area contributed by atoms with Crippen LogP contribution in [0.1, 0.15) is 94.4 Å². The van der Waals surface area contributed by atoms with E-state index in [0.717, 1.165) is 0 Å². The zero-order valence-electron chi connectivity index (χ0n) is 28.5. The van der Waals surface area contributed by atoms with E-state index < -0.39 is 71.0 Å². The van der Waals surface area contributed by atoms with Crippen LogP contribution in [-0.4, -0.2) is 96.9 Å². The molecule has 2 aliphatic rings. The number of carbonyl (C=O) groups excluding carboxylic acids is 4. The number of esters is 2. The van der Waals surface area contributed by atoms with E-state index in [4.69, 9.17) is 18.9 Å². The summed E-state index contributed by atoms with van der Waals surface area (Å²) in [6.07, 6.45) is -1.39. The number of aliphatic hydroxyl groups excluding tert-OH is 1. The number of ketones is 2. The lowest BCUT2D eigenvalue weighted by Crippen LogP contribution is -2.56. The first-order valence-corrected chi connectivity index (χ1v) is 15.8. The molecule has 10 heteroatoms. The Hall–Kier alpha value is -1.88. The van der Waals surface area contributed by atoms with E-state index >= 15 is 0 Å². The summed E-state index contributed by atoms with van der Waals surface area (Å²) in [5.74, 6) is -4.29. The molecule has 0 aliphatic carbocycles. The van der Waals surface area contributed by atoms with Crippen molar-refractivity contribution in [3.63, 3.8) is 0 Å². The number of cyclic esters (lactones) is 1. The molecule has 0 amide bonds. The second-order valence-corrected chi connectivity index (χ2v) is 14.1. The molecule has 0 aromatic carbocycles. The van der Waals surface area contributed by atoms with Crippen molar-refractivity contribution in [1.29, 1.82) is 0 Å². The summed E-state index contributed by atoms with van der Waals surface area (Å²) >= 11 is 0. The molecule has 2 fully saturated rings. The summed E-state index contributed by atoms with van der Waals surface area (Å²) in [6, 6.07) is -0.105. The summed E-state index contributed by atoms with van der Waals surface area (Å²) in [4.78, 5) is 55.0. The quantitative estimate of drug-likeness (QED) is 0.348. The van der Waals surface area contributed by atoms with Crippen LogP contribution in [0.2, 0.25) is 0 Å². The van der Waals surface area contributed by atoms with Crippen molar-refractivity contribution >= 4 is 23.5 Å². The van der Waals surface area contributed by atoms with Crippen LogP contribution < -0.4 is 0 Å². The molecule has 11 atom stereocenters. The topological polar surface area (TPSA) is 129 Å². The van der Waals surface area contributed by atoms with Gasteiger partial charge in [0.05, 0.1) is 30.0 Å². The molecule has 1 N–H and O–H groups in total. The highest BCUT2D eigenvalue weighted by Gasteiger charge is 2.49. The van der Waals surface area contributed by atoms with Crippen LogP contribution in [0.5, 0.6) is 0 Å². The first-order chi connectivity index (χ1) is 19.8. The molecule has 0 bridgehead atoms. The van der Waals surface area contributed by atoms with E-state index in [1.165, 1.54) is 6.92 Å². The van der Waals surface area contributed by atoms with Gasteiger partial charge in [0.2, 0.25) is 0 Å². The van der Waals surface area contributed by atoms with Crippen LogP contribution in [-0.2, 0) is 38.1 Å². The Morgan fingerprint density at radius 1 is 1.09 bits per heavy atom. The van der Waals surface area contributed by atoms with E-state index in [1.54, 1.807) is 34.8 Å². The normalized spacial score (nSPS) is 40.1. The van der Waals surface area contributed by atoms with Crippen molar-refractivity contribution in [1.82, 2.24) is 4.90 Å². The van der Waals surface area contributed by atoms with Crippen molar-refractivity contribution in [2.75, 3.05) is 21.2 Å². The second-order valence-electron chi connectivity index (χ2n) is 14.1. The Morgan fingerprint density at radius 3 is 2.21 bits per heavy atom. The Labute approximate surface area is 258 Å². The molecule has 0 spiro atoms. The minimum atomic E-state index is -1.08. The molecule has 0 aromatic heterocycles. The van der Waals surface area contributed by atoms with Gasteiger partial charge in [-0.05, 0) is 66.5 Å². The van der Waals surface area contributed by atoms with Crippen LogP contribution in [0.25, 0.3) is 0 Å². The largest absolute Gasteiger partial charge is 0.461 e. The smallest absolute Gasteiger partial charge is 0.316 e. The summed E-state index contributed by atoms with van der Waals surface area (Å²) < 4.78 is 24.2. The Kier molecular flexibility index (Phi) is 13.0. The van der Waals surface area contributed by atoms with E-state index in [9.17, 15) is 24.3 Å². The molecule has 10 nitrogen and oxygen atoms in total. The van der Waals surface area contributed by atoms with E-state index in [1.807, 2.05) is 46.7 Å². The van der Waals surface area contributed by atoms with E-state index in [2.05, 4.69) is 0 Å². The lowest BCUT2D eigenvalue weighted by molar-refractivity contribution is -0.190. The van der Waals surface area contributed by atoms with Gasteiger partial charge in [-0.3, -0.25) is 19.2 Å². The van der Waals surface area contributed by atoms with Crippen molar-refractivity contribution in [2.24, 2.45) is 29.1 Å². The molecule has 248 valence electrons. The molecule has 43 heavy (non-hydrogen) atoms. The summed E-state index contributed by atoms with van der Waals surface area (Å²) in [5.41, 5.74) is -1.91. The van der Waals surface area contributed by atoms with Gasteiger partial charge in [-0.25, -0.2) is 0 Å². The zero-order chi connectivity index (χ0) is 33.0. The third kappa shape index (κ3) is 8.65. The molecule has 2 saturated heterocycles. The third-order valence-electron chi connectivity index (χ3n) is 10.2. The number of rotatable bonds is 6. The second kappa shape index (κ2) is 14.9. The van der Waals surface area contributed by atoms with Crippen LogP contribution in [0.15, 0.2) is 0 Å². The van der Waals surface area contributed by atoms with Gasteiger partial charge < -0.3 is 29.0 Å². The average molecular weight is 612 g/mol. The van der Waals surface area contributed by atoms with E-state index in [-0.39, 0.29) is 36.6 Å². The first kappa shape index (κ1) is 37.3. The Morgan fingerprint density at radius 2 is 1.70 bits per heavy atom. The highest BCUT2D eigenvalue weighted by molar-refractivity contribution is 5.98. The number of carbonyl (C=O) groups is 4. The number of methoxy groups -OCH3 is 1. The standard InChI is InChI=1S/C33H57NO9/c1-13-27-32(7,8)30(38)21(5)28(37)18(2)17-33(9,40-12)23(15-25(36)20(4)31(39)43-27)16-26-29(42-22(6)35)24(34(10)11)14-19(3)41-26/h18-21,23-24,26-27,29-30,38H,13-17H2,1-12H3/t18-,19-,20-,21+,23?,24+,26+,27-,29-,30-,33-/m1/s1. The number of hydrogen-bond donors (Lipinski definition) is 1.